The number of benzene rings is 1. The standard InChI is InChI=1S/C29H33F2N5O2/c30-21-14-18(15-22(31)16-21)3-8-26(37)36-12-9-20(10-13-36)27(29(32)38)35-23-6-4-19(5-7-23)24-17-34-25-2-1-11-33-28(24)25/h1-3,8,11,14-17,19-20,23,27,34-35H,4-7,9-10,12-13H2,(H2,32,38)/b8-3+/t19?,23?,27-/m1/s1. The van der Waals surface area contributed by atoms with Gasteiger partial charge in [-0.3, -0.25) is 14.6 Å². The normalized spacial score (nSPS) is 21.7. The molecule has 0 radical (unpaired) electrons. The predicted molar refractivity (Wildman–Crippen MR) is 142 cm³/mol. The van der Waals surface area contributed by atoms with Gasteiger partial charge >= 0.3 is 0 Å². The van der Waals surface area contributed by atoms with Crippen LogP contribution >= 0.6 is 0 Å². The number of nitrogens with zero attached hydrogens (tertiary/aromatic N) is 2. The van der Waals surface area contributed by atoms with Crippen LogP contribution in [0.15, 0.2) is 48.8 Å². The second kappa shape index (κ2) is 11.4. The van der Waals surface area contributed by atoms with E-state index in [4.69, 9.17) is 5.73 Å². The molecular formula is C29H33F2N5O2. The number of primary amides is 1. The van der Waals surface area contributed by atoms with Crippen LogP contribution in [0.3, 0.4) is 0 Å². The average Bonchev–Trinajstić information content (AvgIpc) is 3.34. The van der Waals surface area contributed by atoms with E-state index in [1.807, 2.05) is 18.3 Å². The maximum absolute atomic E-state index is 13.4. The molecule has 5 rings (SSSR count). The molecule has 7 nitrogen and oxygen atoms in total. The van der Waals surface area contributed by atoms with Gasteiger partial charge in [0.05, 0.1) is 17.1 Å². The minimum atomic E-state index is -0.689. The van der Waals surface area contributed by atoms with Gasteiger partial charge in [0, 0.05) is 43.7 Å². The summed E-state index contributed by atoms with van der Waals surface area (Å²) in [4.78, 5) is 34.6. The summed E-state index contributed by atoms with van der Waals surface area (Å²) in [5.74, 6) is -1.46. The van der Waals surface area contributed by atoms with E-state index in [2.05, 4.69) is 21.5 Å². The van der Waals surface area contributed by atoms with Crippen molar-refractivity contribution in [3.05, 3.63) is 71.6 Å². The topological polar surface area (TPSA) is 104 Å². The molecule has 2 aromatic heterocycles. The molecule has 4 N–H and O–H groups in total. The van der Waals surface area contributed by atoms with Crippen LogP contribution < -0.4 is 11.1 Å². The van der Waals surface area contributed by atoms with Gasteiger partial charge in [-0.05, 0) is 91.8 Å². The average molecular weight is 522 g/mol. The van der Waals surface area contributed by atoms with E-state index >= 15 is 0 Å². The van der Waals surface area contributed by atoms with E-state index in [9.17, 15) is 18.4 Å². The SMILES string of the molecule is NC(=O)[C@H](NC1CCC(c2c[nH]c3cccnc23)CC1)C1CCN(C(=O)/C=C/c2cc(F)cc(F)c2)CC1. The zero-order valence-corrected chi connectivity index (χ0v) is 21.2. The predicted octanol–water partition coefficient (Wildman–Crippen LogP) is 4.26. The lowest BCUT2D eigenvalue weighted by Crippen LogP contribution is -2.54. The summed E-state index contributed by atoms with van der Waals surface area (Å²) in [7, 11) is 0. The zero-order valence-electron chi connectivity index (χ0n) is 21.2. The van der Waals surface area contributed by atoms with Crippen LogP contribution in [0.1, 0.15) is 55.6 Å². The van der Waals surface area contributed by atoms with Crippen molar-refractivity contribution in [2.75, 3.05) is 13.1 Å². The van der Waals surface area contributed by atoms with E-state index in [-0.39, 0.29) is 23.8 Å². The summed E-state index contributed by atoms with van der Waals surface area (Å²) in [6.07, 6.45) is 11.9. The number of likely N-dealkylation sites (tertiary alicyclic amines) is 1. The van der Waals surface area contributed by atoms with Gasteiger partial charge in [0.25, 0.3) is 0 Å². The monoisotopic (exact) mass is 521 g/mol. The maximum Gasteiger partial charge on any atom is 0.246 e. The van der Waals surface area contributed by atoms with E-state index in [0.29, 0.717) is 37.4 Å². The molecule has 2 amide bonds. The van der Waals surface area contributed by atoms with E-state index in [0.717, 1.165) is 42.8 Å². The summed E-state index contributed by atoms with van der Waals surface area (Å²) in [5, 5.41) is 3.54. The van der Waals surface area contributed by atoms with Crippen LogP contribution in [0.5, 0.6) is 0 Å². The van der Waals surface area contributed by atoms with Gasteiger partial charge in [-0.2, -0.15) is 0 Å². The Kier molecular flexibility index (Phi) is 7.83. The Morgan fingerprint density at radius 1 is 1.08 bits per heavy atom. The van der Waals surface area contributed by atoms with Crippen LogP contribution in [0.4, 0.5) is 8.78 Å². The fourth-order valence-corrected chi connectivity index (χ4v) is 5.96. The van der Waals surface area contributed by atoms with Crippen molar-refractivity contribution in [1.82, 2.24) is 20.2 Å². The molecule has 1 saturated carbocycles. The van der Waals surface area contributed by atoms with Crippen molar-refractivity contribution in [2.24, 2.45) is 11.7 Å². The molecular weight excluding hydrogens is 488 g/mol. The second-order valence-electron chi connectivity index (χ2n) is 10.4. The number of fused-ring (bicyclic) bond motifs is 1. The first-order valence-corrected chi connectivity index (χ1v) is 13.3. The minimum Gasteiger partial charge on any atom is -0.368 e. The number of aromatic amines is 1. The number of rotatable bonds is 7. The third-order valence-electron chi connectivity index (χ3n) is 7.98. The summed E-state index contributed by atoms with van der Waals surface area (Å²) < 4.78 is 26.8. The Labute approximate surface area is 220 Å². The van der Waals surface area contributed by atoms with Crippen molar-refractivity contribution in [1.29, 1.82) is 0 Å². The van der Waals surface area contributed by atoms with Crippen LogP contribution in [0.25, 0.3) is 17.1 Å². The van der Waals surface area contributed by atoms with Crippen molar-refractivity contribution < 1.29 is 18.4 Å². The Bertz CT molecular complexity index is 1300. The highest BCUT2D eigenvalue weighted by Crippen LogP contribution is 2.36. The molecule has 3 heterocycles. The van der Waals surface area contributed by atoms with Gasteiger partial charge in [0.2, 0.25) is 11.8 Å². The lowest BCUT2D eigenvalue weighted by molar-refractivity contribution is -0.128. The van der Waals surface area contributed by atoms with Crippen molar-refractivity contribution in [3.63, 3.8) is 0 Å². The number of halogens is 2. The van der Waals surface area contributed by atoms with Crippen LogP contribution in [0, 0.1) is 17.6 Å². The van der Waals surface area contributed by atoms with E-state index < -0.39 is 17.7 Å². The molecule has 1 aromatic carbocycles. The highest BCUT2D eigenvalue weighted by atomic mass is 19.1. The molecule has 0 spiro atoms. The van der Waals surface area contributed by atoms with Gasteiger partial charge in [-0.1, -0.05) is 0 Å². The van der Waals surface area contributed by atoms with Crippen molar-refractivity contribution in [3.8, 4) is 0 Å². The van der Waals surface area contributed by atoms with Gasteiger partial charge in [0.15, 0.2) is 0 Å². The fourth-order valence-electron chi connectivity index (χ4n) is 5.96. The lowest BCUT2D eigenvalue weighted by Gasteiger charge is -2.38. The fraction of sp³-hybridized carbons (Fsp3) is 0.414. The summed E-state index contributed by atoms with van der Waals surface area (Å²) >= 11 is 0. The Morgan fingerprint density at radius 2 is 1.79 bits per heavy atom. The van der Waals surface area contributed by atoms with Crippen molar-refractivity contribution >= 4 is 28.9 Å². The van der Waals surface area contributed by atoms with Gasteiger partial charge in [-0.15, -0.1) is 0 Å². The summed E-state index contributed by atoms with van der Waals surface area (Å²) in [6.45, 7) is 0.994. The number of piperidine rings is 1. The van der Waals surface area contributed by atoms with Crippen LogP contribution in [-0.4, -0.2) is 51.9 Å². The third-order valence-corrected chi connectivity index (χ3v) is 7.98. The molecule has 1 atom stereocenters. The van der Waals surface area contributed by atoms with Crippen LogP contribution in [0.2, 0.25) is 0 Å². The Hall–Kier alpha value is -3.59. The summed E-state index contributed by atoms with van der Waals surface area (Å²) in [6, 6.07) is 6.89. The molecule has 9 heteroatoms. The van der Waals surface area contributed by atoms with E-state index in [1.165, 1.54) is 29.8 Å². The van der Waals surface area contributed by atoms with Crippen molar-refractivity contribution in [2.45, 2.75) is 56.5 Å². The highest BCUT2D eigenvalue weighted by molar-refractivity contribution is 5.92. The third kappa shape index (κ3) is 5.93. The number of carbonyl (C=O) groups is 2. The largest absolute Gasteiger partial charge is 0.368 e. The maximum atomic E-state index is 13.4. The first kappa shape index (κ1) is 26.0. The second-order valence-corrected chi connectivity index (χ2v) is 10.4. The lowest BCUT2D eigenvalue weighted by atomic mass is 9.81. The highest BCUT2D eigenvalue weighted by Gasteiger charge is 2.34. The number of carbonyl (C=O) groups excluding carboxylic acids is 2. The number of H-pyrrole nitrogens is 1. The molecule has 2 fully saturated rings. The first-order valence-electron chi connectivity index (χ1n) is 13.3. The first-order chi connectivity index (χ1) is 18.4. The Balaban J connectivity index is 1.12. The molecule has 3 aromatic rings. The van der Waals surface area contributed by atoms with Gasteiger partial charge in [0.1, 0.15) is 11.6 Å². The molecule has 0 bridgehead atoms. The summed E-state index contributed by atoms with van der Waals surface area (Å²) in [5.41, 5.74) is 9.47. The molecule has 0 unspecified atom stereocenters. The Morgan fingerprint density at radius 3 is 2.47 bits per heavy atom. The number of amides is 2. The zero-order chi connectivity index (χ0) is 26.6. The van der Waals surface area contributed by atoms with Gasteiger partial charge < -0.3 is 20.9 Å². The molecule has 38 heavy (non-hydrogen) atoms. The quantitative estimate of drug-likeness (QED) is 0.404. The molecule has 200 valence electrons. The molecule has 2 aliphatic rings. The number of nitrogens with one attached hydrogen (secondary N) is 2. The smallest absolute Gasteiger partial charge is 0.246 e. The molecule has 1 saturated heterocycles. The van der Waals surface area contributed by atoms with Crippen LogP contribution in [-0.2, 0) is 9.59 Å². The molecule has 1 aliphatic heterocycles. The number of nitrogens with two attached hydrogens (primary N) is 1. The number of hydrogen-bond donors (Lipinski definition) is 3. The number of aromatic nitrogens is 2. The van der Waals surface area contributed by atoms with Gasteiger partial charge in [-0.25, -0.2) is 8.78 Å². The number of hydrogen-bond acceptors (Lipinski definition) is 4. The number of pyridine rings is 1. The minimum absolute atomic E-state index is 0.0494. The molecule has 1 aliphatic carbocycles. The van der Waals surface area contributed by atoms with E-state index in [1.54, 1.807) is 4.90 Å².